The molecule has 2 aliphatic rings. The van der Waals surface area contributed by atoms with Crippen LogP contribution in [-0.4, -0.2) is 56.6 Å². The van der Waals surface area contributed by atoms with Crippen LogP contribution in [0.25, 0.3) is 0 Å². The van der Waals surface area contributed by atoms with Crippen LogP contribution in [0.1, 0.15) is 39.5 Å². The molecule has 2 N–H and O–H groups in total. The summed E-state index contributed by atoms with van der Waals surface area (Å²) in [6, 6.07) is 0.104. The summed E-state index contributed by atoms with van der Waals surface area (Å²) in [6.45, 7) is 6.49. The number of nitrogens with one attached hydrogen (secondary N) is 2. The maximum Gasteiger partial charge on any atom is 0.226 e. The molecule has 21 heavy (non-hydrogen) atoms. The van der Waals surface area contributed by atoms with Gasteiger partial charge in [-0.15, -0.1) is 0 Å². The second-order valence-corrected chi connectivity index (χ2v) is 8.62. The molecule has 0 saturated carbocycles. The summed E-state index contributed by atoms with van der Waals surface area (Å²) >= 11 is 0. The van der Waals surface area contributed by atoms with Crippen LogP contribution in [0.2, 0.25) is 0 Å². The molecule has 0 spiro atoms. The number of carbonyl (C=O) groups excluding carboxylic acids is 1. The summed E-state index contributed by atoms with van der Waals surface area (Å²) in [5.74, 6) is 0.274. The van der Waals surface area contributed by atoms with Crippen LogP contribution in [0.4, 0.5) is 0 Å². The Morgan fingerprint density at radius 3 is 2.38 bits per heavy atom. The molecule has 0 bridgehead atoms. The fourth-order valence-corrected chi connectivity index (χ4v) is 4.16. The van der Waals surface area contributed by atoms with Crippen molar-refractivity contribution < 1.29 is 13.2 Å². The Balaban J connectivity index is 1.84. The molecule has 0 aliphatic carbocycles. The standard InChI is InChI=1S/C14H27N3O3S/c1-3-21(19,20)17-10-4-12(5-11-17)16-13(18)14(2)6-8-15-9-7-14/h12,15H,3-11H2,1-2H3,(H,16,18). The Morgan fingerprint density at radius 1 is 1.29 bits per heavy atom. The lowest BCUT2D eigenvalue weighted by atomic mass is 9.80. The van der Waals surface area contributed by atoms with Crippen molar-refractivity contribution in [1.82, 2.24) is 14.9 Å². The molecule has 0 aromatic rings. The Hall–Kier alpha value is -0.660. The van der Waals surface area contributed by atoms with Gasteiger partial charge in [-0.05, 0) is 45.7 Å². The molecule has 0 atom stereocenters. The number of hydrogen-bond donors (Lipinski definition) is 2. The highest BCUT2D eigenvalue weighted by Crippen LogP contribution is 2.28. The van der Waals surface area contributed by atoms with Crippen molar-refractivity contribution in [1.29, 1.82) is 0 Å². The summed E-state index contributed by atoms with van der Waals surface area (Å²) in [5, 5.41) is 6.40. The van der Waals surface area contributed by atoms with Gasteiger partial charge in [0.1, 0.15) is 0 Å². The number of sulfonamides is 1. The van der Waals surface area contributed by atoms with Crippen molar-refractivity contribution >= 4 is 15.9 Å². The smallest absolute Gasteiger partial charge is 0.226 e. The van der Waals surface area contributed by atoms with Crippen LogP contribution in [0.3, 0.4) is 0 Å². The minimum Gasteiger partial charge on any atom is -0.353 e. The first-order valence-corrected chi connectivity index (χ1v) is 9.48. The predicted molar refractivity (Wildman–Crippen MR) is 82.4 cm³/mol. The minimum absolute atomic E-state index is 0.104. The number of hydrogen-bond acceptors (Lipinski definition) is 4. The molecule has 122 valence electrons. The second kappa shape index (κ2) is 6.62. The first-order chi connectivity index (χ1) is 9.87. The van der Waals surface area contributed by atoms with Crippen LogP contribution >= 0.6 is 0 Å². The summed E-state index contributed by atoms with van der Waals surface area (Å²) in [6.07, 6.45) is 3.14. The highest BCUT2D eigenvalue weighted by Gasteiger charge is 2.36. The third-order valence-corrected chi connectivity index (χ3v) is 6.68. The highest BCUT2D eigenvalue weighted by atomic mass is 32.2. The summed E-state index contributed by atoms with van der Waals surface area (Å²) < 4.78 is 25.2. The minimum atomic E-state index is -3.09. The molecule has 2 fully saturated rings. The number of rotatable bonds is 4. The van der Waals surface area contributed by atoms with Gasteiger partial charge in [0.05, 0.1) is 5.75 Å². The van der Waals surface area contributed by atoms with Crippen molar-refractivity contribution in [2.24, 2.45) is 5.41 Å². The molecule has 0 aromatic carbocycles. The molecule has 6 nitrogen and oxygen atoms in total. The van der Waals surface area contributed by atoms with E-state index in [2.05, 4.69) is 10.6 Å². The maximum atomic E-state index is 12.5. The highest BCUT2D eigenvalue weighted by molar-refractivity contribution is 7.89. The molecular formula is C14H27N3O3S. The van der Waals surface area contributed by atoms with E-state index in [0.29, 0.717) is 25.9 Å². The Bertz CT molecular complexity index is 464. The second-order valence-electron chi connectivity index (χ2n) is 6.36. The zero-order chi connectivity index (χ0) is 15.5. The number of carbonyl (C=O) groups is 1. The molecule has 2 heterocycles. The molecule has 2 aliphatic heterocycles. The third-order valence-electron chi connectivity index (χ3n) is 4.80. The van der Waals surface area contributed by atoms with Crippen LogP contribution in [-0.2, 0) is 14.8 Å². The third kappa shape index (κ3) is 3.96. The van der Waals surface area contributed by atoms with E-state index in [1.165, 1.54) is 0 Å². The van der Waals surface area contributed by atoms with Crippen molar-refractivity contribution in [3.05, 3.63) is 0 Å². The Morgan fingerprint density at radius 2 is 1.86 bits per heavy atom. The van der Waals surface area contributed by atoms with E-state index >= 15 is 0 Å². The van der Waals surface area contributed by atoms with Gasteiger partial charge in [0.15, 0.2) is 0 Å². The molecule has 0 radical (unpaired) electrons. The van der Waals surface area contributed by atoms with E-state index in [1.54, 1.807) is 11.2 Å². The van der Waals surface area contributed by atoms with E-state index in [1.807, 2.05) is 6.92 Å². The van der Waals surface area contributed by atoms with Gasteiger partial charge in [-0.1, -0.05) is 6.92 Å². The lowest BCUT2D eigenvalue weighted by Crippen LogP contribution is -2.52. The lowest BCUT2D eigenvalue weighted by molar-refractivity contribution is -0.132. The van der Waals surface area contributed by atoms with Gasteiger partial charge < -0.3 is 10.6 Å². The van der Waals surface area contributed by atoms with Crippen molar-refractivity contribution in [3.63, 3.8) is 0 Å². The number of nitrogens with zero attached hydrogens (tertiary/aromatic N) is 1. The molecular weight excluding hydrogens is 290 g/mol. The average Bonchev–Trinajstić information content (AvgIpc) is 2.48. The maximum absolute atomic E-state index is 12.5. The Labute approximate surface area is 127 Å². The molecule has 2 rings (SSSR count). The van der Waals surface area contributed by atoms with Gasteiger partial charge in [0.25, 0.3) is 0 Å². The average molecular weight is 317 g/mol. The topological polar surface area (TPSA) is 78.5 Å². The molecule has 2 saturated heterocycles. The van der Waals surface area contributed by atoms with Gasteiger partial charge in [-0.25, -0.2) is 12.7 Å². The fourth-order valence-electron chi connectivity index (χ4n) is 3.03. The molecule has 0 unspecified atom stereocenters. The quantitative estimate of drug-likeness (QED) is 0.782. The van der Waals surface area contributed by atoms with Gasteiger partial charge in [-0.3, -0.25) is 4.79 Å². The van der Waals surface area contributed by atoms with Gasteiger partial charge in [0, 0.05) is 24.5 Å². The van der Waals surface area contributed by atoms with Crippen molar-refractivity contribution in [3.8, 4) is 0 Å². The van der Waals surface area contributed by atoms with Gasteiger partial charge in [0.2, 0.25) is 15.9 Å². The first-order valence-electron chi connectivity index (χ1n) is 7.87. The summed E-state index contributed by atoms with van der Waals surface area (Å²) in [4.78, 5) is 12.5. The first kappa shape index (κ1) is 16.7. The monoisotopic (exact) mass is 317 g/mol. The zero-order valence-electron chi connectivity index (χ0n) is 13.0. The van der Waals surface area contributed by atoms with Crippen LogP contribution < -0.4 is 10.6 Å². The van der Waals surface area contributed by atoms with Gasteiger partial charge >= 0.3 is 0 Å². The SMILES string of the molecule is CCS(=O)(=O)N1CCC(NC(=O)C2(C)CCNCC2)CC1. The zero-order valence-corrected chi connectivity index (χ0v) is 13.8. The summed E-state index contributed by atoms with van der Waals surface area (Å²) in [5.41, 5.74) is -0.280. The summed E-state index contributed by atoms with van der Waals surface area (Å²) in [7, 11) is -3.09. The van der Waals surface area contributed by atoms with Crippen LogP contribution in [0.15, 0.2) is 0 Å². The van der Waals surface area contributed by atoms with Crippen molar-refractivity contribution in [2.75, 3.05) is 31.9 Å². The van der Waals surface area contributed by atoms with E-state index in [4.69, 9.17) is 0 Å². The number of amides is 1. The predicted octanol–water partition coefficient (Wildman–Crippen LogP) is 0.306. The van der Waals surface area contributed by atoms with Crippen LogP contribution in [0, 0.1) is 5.41 Å². The van der Waals surface area contributed by atoms with Gasteiger partial charge in [-0.2, -0.15) is 0 Å². The largest absolute Gasteiger partial charge is 0.353 e. The fraction of sp³-hybridized carbons (Fsp3) is 0.929. The Kier molecular flexibility index (Phi) is 5.27. The van der Waals surface area contributed by atoms with E-state index in [-0.39, 0.29) is 23.1 Å². The number of piperidine rings is 2. The van der Waals surface area contributed by atoms with E-state index in [0.717, 1.165) is 25.9 Å². The molecule has 7 heteroatoms. The van der Waals surface area contributed by atoms with E-state index in [9.17, 15) is 13.2 Å². The lowest BCUT2D eigenvalue weighted by Gasteiger charge is -2.36. The normalized spacial score (nSPS) is 24.7. The van der Waals surface area contributed by atoms with Crippen LogP contribution in [0.5, 0.6) is 0 Å². The van der Waals surface area contributed by atoms with Crippen molar-refractivity contribution in [2.45, 2.75) is 45.6 Å². The molecule has 1 amide bonds. The molecule has 0 aromatic heterocycles. The van der Waals surface area contributed by atoms with E-state index < -0.39 is 10.0 Å².